The lowest BCUT2D eigenvalue weighted by molar-refractivity contribution is -0.147. The van der Waals surface area contributed by atoms with Crippen molar-refractivity contribution in [2.24, 2.45) is 35.0 Å². The first-order chi connectivity index (χ1) is 9.24. The van der Waals surface area contributed by atoms with Gasteiger partial charge in [-0.1, -0.05) is 39.8 Å². The Morgan fingerprint density at radius 2 is 1.80 bits per heavy atom. The highest BCUT2D eigenvalue weighted by Gasteiger charge is 2.51. The van der Waals surface area contributed by atoms with Gasteiger partial charge in [-0.05, 0) is 29.6 Å². The minimum atomic E-state index is -0.842. The number of fused-ring (bicyclic) bond motifs is 2. The molecular weight excluding hydrogens is 254 g/mol. The third-order valence-corrected chi connectivity index (χ3v) is 5.33. The van der Waals surface area contributed by atoms with Gasteiger partial charge < -0.3 is 10.4 Å². The number of carboxylic acids is 1. The molecule has 0 spiro atoms. The van der Waals surface area contributed by atoms with Crippen LogP contribution in [0.5, 0.6) is 0 Å². The molecule has 20 heavy (non-hydrogen) atoms. The lowest BCUT2D eigenvalue weighted by Gasteiger charge is -2.31. The summed E-state index contributed by atoms with van der Waals surface area (Å²) in [4.78, 5) is 23.8. The van der Waals surface area contributed by atoms with Gasteiger partial charge in [0.2, 0.25) is 5.91 Å². The van der Waals surface area contributed by atoms with Crippen molar-refractivity contribution in [3.05, 3.63) is 12.2 Å². The first kappa shape index (κ1) is 15.1. The molecule has 112 valence electrons. The van der Waals surface area contributed by atoms with E-state index in [-0.39, 0.29) is 23.2 Å². The summed E-state index contributed by atoms with van der Waals surface area (Å²) in [7, 11) is 0. The van der Waals surface area contributed by atoms with Crippen molar-refractivity contribution in [2.75, 3.05) is 6.54 Å². The molecule has 2 aliphatic carbocycles. The number of nitrogens with one attached hydrogen (secondary N) is 1. The van der Waals surface area contributed by atoms with Crippen molar-refractivity contribution >= 4 is 11.9 Å². The first-order valence-electron chi connectivity index (χ1n) is 7.43. The molecule has 4 atom stereocenters. The van der Waals surface area contributed by atoms with Gasteiger partial charge in [-0.3, -0.25) is 9.59 Å². The van der Waals surface area contributed by atoms with Crippen LogP contribution in [0.25, 0.3) is 0 Å². The SMILES string of the molecule is CC(C)C(C)(C)CNC(=O)[C@H]1C2C=CC(C2)[C@H]1C(=O)O. The Kier molecular flexibility index (Phi) is 3.94. The second-order valence-electron chi connectivity index (χ2n) is 7.20. The Bertz CT molecular complexity index is 439. The Morgan fingerprint density at radius 3 is 2.30 bits per heavy atom. The fourth-order valence-electron chi connectivity index (χ4n) is 3.15. The third-order valence-electron chi connectivity index (χ3n) is 5.33. The Morgan fingerprint density at radius 1 is 1.25 bits per heavy atom. The van der Waals surface area contributed by atoms with Crippen molar-refractivity contribution in [3.8, 4) is 0 Å². The molecule has 2 rings (SSSR count). The van der Waals surface area contributed by atoms with Crippen molar-refractivity contribution in [2.45, 2.75) is 34.1 Å². The number of rotatable bonds is 5. The summed E-state index contributed by atoms with van der Waals surface area (Å²) in [5.74, 6) is -1.29. The van der Waals surface area contributed by atoms with E-state index in [0.717, 1.165) is 6.42 Å². The Labute approximate surface area is 120 Å². The van der Waals surface area contributed by atoms with E-state index in [0.29, 0.717) is 12.5 Å². The normalized spacial score (nSPS) is 31.9. The second kappa shape index (κ2) is 5.23. The molecule has 1 amide bonds. The van der Waals surface area contributed by atoms with Gasteiger partial charge in [-0.15, -0.1) is 0 Å². The monoisotopic (exact) mass is 279 g/mol. The van der Waals surface area contributed by atoms with E-state index in [1.165, 1.54) is 0 Å². The van der Waals surface area contributed by atoms with Gasteiger partial charge in [0.15, 0.2) is 0 Å². The summed E-state index contributed by atoms with van der Waals surface area (Å²) >= 11 is 0. The summed E-state index contributed by atoms with van der Waals surface area (Å²) in [6.07, 6.45) is 4.79. The van der Waals surface area contributed by atoms with Crippen molar-refractivity contribution in [1.82, 2.24) is 5.32 Å². The summed E-state index contributed by atoms with van der Waals surface area (Å²) < 4.78 is 0. The van der Waals surface area contributed by atoms with Crippen LogP contribution in [-0.4, -0.2) is 23.5 Å². The molecule has 2 bridgehead atoms. The van der Waals surface area contributed by atoms with Crippen LogP contribution in [0.15, 0.2) is 12.2 Å². The van der Waals surface area contributed by atoms with Crippen molar-refractivity contribution < 1.29 is 14.7 Å². The lowest BCUT2D eigenvalue weighted by atomic mass is 9.80. The average molecular weight is 279 g/mol. The zero-order valence-electron chi connectivity index (χ0n) is 12.7. The van der Waals surface area contributed by atoms with Gasteiger partial charge in [-0.25, -0.2) is 0 Å². The van der Waals surface area contributed by atoms with E-state index in [1.807, 2.05) is 12.2 Å². The number of hydrogen-bond acceptors (Lipinski definition) is 2. The number of carbonyl (C=O) groups is 2. The maximum absolute atomic E-state index is 12.4. The quantitative estimate of drug-likeness (QED) is 0.759. The van der Waals surface area contributed by atoms with E-state index < -0.39 is 17.8 Å². The lowest BCUT2D eigenvalue weighted by Crippen LogP contribution is -2.44. The number of amides is 1. The van der Waals surface area contributed by atoms with Crippen LogP contribution < -0.4 is 5.32 Å². The van der Waals surface area contributed by atoms with Gasteiger partial charge in [0.05, 0.1) is 11.8 Å². The highest BCUT2D eigenvalue weighted by molar-refractivity contribution is 5.86. The van der Waals surface area contributed by atoms with Gasteiger partial charge in [-0.2, -0.15) is 0 Å². The minimum Gasteiger partial charge on any atom is -0.481 e. The predicted octanol–water partition coefficient (Wildman–Crippen LogP) is 2.31. The van der Waals surface area contributed by atoms with E-state index in [2.05, 4.69) is 33.0 Å². The molecule has 0 saturated heterocycles. The van der Waals surface area contributed by atoms with Crippen LogP contribution in [-0.2, 0) is 9.59 Å². The number of carboxylic acid groups (broad SMARTS) is 1. The number of hydrogen-bond donors (Lipinski definition) is 2. The highest BCUT2D eigenvalue weighted by atomic mass is 16.4. The van der Waals surface area contributed by atoms with Gasteiger partial charge in [0.25, 0.3) is 0 Å². The maximum atomic E-state index is 12.4. The zero-order chi connectivity index (χ0) is 15.1. The molecular formula is C16H25NO3. The third kappa shape index (κ3) is 2.60. The number of allylic oxidation sites excluding steroid dienone is 2. The van der Waals surface area contributed by atoms with Crippen LogP contribution in [0.4, 0.5) is 0 Å². The Balaban J connectivity index is 2.02. The first-order valence-corrected chi connectivity index (χ1v) is 7.43. The highest BCUT2D eigenvalue weighted by Crippen LogP contribution is 2.48. The molecule has 2 N–H and O–H groups in total. The number of aliphatic carboxylic acids is 1. The predicted molar refractivity (Wildman–Crippen MR) is 77.0 cm³/mol. The molecule has 1 saturated carbocycles. The minimum absolute atomic E-state index is 0.0157. The molecule has 4 nitrogen and oxygen atoms in total. The van der Waals surface area contributed by atoms with Crippen LogP contribution >= 0.6 is 0 Å². The fourth-order valence-corrected chi connectivity index (χ4v) is 3.15. The van der Waals surface area contributed by atoms with Crippen molar-refractivity contribution in [3.63, 3.8) is 0 Å². The fraction of sp³-hybridized carbons (Fsp3) is 0.750. The summed E-state index contributed by atoms with van der Waals surface area (Å²) in [6, 6.07) is 0. The summed E-state index contributed by atoms with van der Waals surface area (Å²) in [6.45, 7) is 9.09. The molecule has 2 aliphatic rings. The van der Waals surface area contributed by atoms with E-state index >= 15 is 0 Å². The van der Waals surface area contributed by atoms with Crippen molar-refractivity contribution in [1.29, 1.82) is 0 Å². The molecule has 0 radical (unpaired) electrons. The molecule has 0 aromatic heterocycles. The Hall–Kier alpha value is -1.32. The van der Waals surface area contributed by atoms with Crippen LogP contribution in [0.1, 0.15) is 34.1 Å². The van der Waals surface area contributed by atoms with E-state index in [9.17, 15) is 14.7 Å². The smallest absolute Gasteiger partial charge is 0.307 e. The largest absolute Gasteiger partial charge is 0.481 e. The molecule has 2 unspecified atom stereocenters. The average Bonchev–Trinajstić information content (AvgIpc) is 2.95. The molecule has 1 fully saturated rings. The zero-order valence-corrected chi connectivity index (χ0v) is 12.7. The summed E-state index contributed by atoms with van der Waals surface area (Å²) in [5, 5.41) is 12.3. The molecule has 0 aliphatic heterocycles. The van der Waals surface area contributed by atoms with Crippen LogP contribution in [0.2, 0.25) is 0 Å². The maximum Gasteiger partial charge on any atom is 0.307 e. The topological polar surface area (TPSA) is 66.4 Å². The molecule has 4 heteroatoms. The molecule has 0 aromatic carbocycles. The standard InChI is InChI=1S/C16H25NO3/c1-9(2)16(3,4)8-17-14(18)12-10-5-6-11(7-10)13(12)15(19)20/h5-6,9-13H,7-8H2,1-4H3,(H,17,18)(H,19,20)/t10?,11?,12-,13+/m0/s1. The summed E-state index contributed by atoms with van der Waals surface area (Å²) in [5.41, 5.74) is 0.0157. The number of carbonyl (C=O) groups excluding carboxylic acids is 1. The van der Waals surface area contributed by atoms with Crippen LogP contribution in [0, 0.1) is 35.0 Å². The van der Waals surface area contributed by atoms with Gasteiger partial charge in [0, 0.05) is 6.54 Å². The van der Waals surface area contributed by atoms with Crippen LogP contribution in [0.3, 0.4) is 0 Å². The molecule has 0 aromatic rings. The second-order valence-corrected chi connectivity index (χ2v) is 7.20. The molecule has 0 heterocycles. The van der Waals surface area contributed by atoms with E-state index in [1.54, 1.807) is 0 Å². The van der Waals surface area contributed by atoms with E-state index in [4.69, 9.17) is 0 Å². The van der Waals surface area contributed by atoms with Gasteiger partial charge >= 0.3 is 5.97 Å². The van der Waals surface area contributed by atoms with Gasteiger partial charge in [0.1, 0.15) is 0 Å².